The fraction of sp³-hybridized carbons (Fsp3) is 0.381. The molecule has 1 fully saturated rings. The van der Waals surface area contributed by atoms with Crippen molar-refractivity contribution in [3.63, 3.8) is 0 Å². The van der Waals surface area contributed by atoms with Crippen molar-refractivity contribution in [1.82, 2.24) is 34.0 Å². The van der Waals surface area contributed by atoms with Crippen LogP contribution in [0.2, 0.25) is 0 Å². The zero-order valence-electron chi connectivity index (χ0n) is 16.6. The molecule has 0 aliphatic carbocycles. The van der Waals surface area contributed by atoms with Crippen molar-refractivity contribution < 1.29 is 9.53 Å². The van der Waals surface area contributed by atoms with E-state index in [0.717, 1.165) is 35.6 Å². The lowest BCUT2D eigenvalue weighted by Crippen LogP contribution is -2.35. The van der Waals surface area contributed by atoms with E-state index in [4.69, 9.17) is 4.74 Å². The Labute approximate surface area is 175 Å². The molecular formula is C21H19N7O3. The van der Waals surface area contributed by atoms with E-state index in [2.05, 4.69) is 24.7 Å². The largest absolute Gasteiger partial charge is 0.381 e. The number of aromatic nitrogens is 6. The molecule has 10 heteroatoms. The number of rotatable bonds is 1. The third-order valence-electron chi connectivity index (χ3n) is 6.84. The van der Waals surface area contributed by atoms with Crippen LogP contribution in [0.3, 0.4) is 0 Å². The summed E-state index contributed by atoms with van der Waals surface area (Å²) in [4.78, 5) is 35.0. The first-order chi connectivity index (χ1) is 15.2. The molecule has 0 radical (unpaired) electrons. The summed E-state index contributed by atoms with van der Waals surface area (Å²) >= 11 is 0. The fourth-order valence-electron chi connectivity index (χ4n) is 5.27. The molecule has 10 nitrogen and oxygen atoms in total. The summed E-state index contributed by atoms with van der Waals surface area (Å²) in [5.74, 6) is 1.84. The van der Waals surface area contributed by atoms with E-state index >= 15 is 0 Å². The maximum atomic E-state index is 13.2. The maximum absolute atomic E-state index is 13.2. The number of carbonyl (C=O) groups excluding carboxylic acids is 1. The van der Waals surface area contributed by atoms with E-state index in [1.807, 2.05) is 27.6 Å². The highest BCUT2D eigenvalue weighted by atomic mass is 16.5. The van der Waals surface area contributed by atoms with Crippen molar-refractivity contribution in [2.45, 2.75) is 37.9 Å². The SMILES string of the molecule is O=C1c2cc3[nH]c(=O)c4nnc(C5CCOCC5)n4c3cc2C2Cn3ccnc3CN12. The Morgan fingerprint density at radius 3 is 2.87 bits per heavy atom. The lowest BCUT2D eigenvalue weighted by atomic mass is 9.99. The summed E-state index contributed by atoms with van der Waals surface area (Å²) in [7, 11) is 0. The van der Waals surface area contributed by atoms with Crippen LogP contribution >= 0.6 is 0 Å². The van der Waals surface area contributed by atoms with E-state index in [1.165, 1.54) is 0 Å². The molecule has 7 rings (SSSR count). The second kappa shape index (κ2) is 6.01. The van der Waals surface area contributed by atoms with E-state index in [-0.39, 0.29) is 29.1 Å². The third-order valence-corrected chi connectivity index (χ3v) is 6.84. The normalized spacial score (nSPS) is 21.0. The standard InChI is InChI=1S/C21H19N7O3/c29-20-19-25-24-18(11-1-5-31-6-2-11)28(19)15-8-12-13(7-14(15)23-20)21(30)27-10-17-22-3-4-26(17)9-16(12)27/h3-4,7-8,11,16H,1-2,5-6,9-10H2,(H,23,29). The molecule has 1 aromatic carbocycles. The van der Waals surface area contributed by atoms with Gasteiger partial charge in [-0.25, -0.2) is 4.98 Å². The first-order valence-corrected chi connectivity index (χ1v) is 10.5. The highest BCUT2D eigenvalue weighted by Gasteiger charge is 2.41. The first kappa shape index (κ1) is 17.2. The second-order valence-corrected chi connectivity index (χ2v) is 8.46. The molecule has 156 valence electrons. The number of imidazole rings is 1. The number of fused-ring (bicyclic) bond motifs is 7. The topological polar surface area (TPSA) is 110 Å². The molecule has 1 unspecified atom stereocenters. The second-order valence-electron chi connectivity index (χ2n) is 8.46. The van der Waals surface area contributed by atoms with Gasteiger partial charge in [0.1, 0.15) is 11.6 Å². The van der Waals surface area contributed by atoms with Crippen LogP contribution in [-0.2, 0) is 17.8 Å². The number of hydrogen-bond donors (Lipinski definition) is 1. The summed E-state index contributed by atoms with van der Waals surface area (Å²) in [5.41, 5.74) is 3.04. The van der Waals surface area contributed by atoms with Crippen molar-refractivity contribution >= 4 is 22.6 Å². The number of H-pyrrole nitrogens is 1. The molecule has 6 heterocycles. The number of benzene rings is 1. The number of carbonyl (C=O) groups is 1. The van der Waals surface area contributed by atoms with Gasteiger partial charge in [-0.15, -0.1) is 10.2 Å². The van der Waals surface area contributed by atoms with E-state index in [0.29, 0.717) is 37.4 Å². The van der Waals surface area contributed by atoms with Crippen LogP contribution in [0.15, 0.2) is 29.3 Å². The number of hydrogen-bond acceptors (Lipinski definition) is 6. The van der Waals surface area contributed by atoms with Crippen LogP contribution in [0.4, 0.5) is 0 Å². The van der Waals surface area contributed by atoms with Gasteiger partial charge >= 0.3 is 0 Å². The smallest absolute Gasteiger partial charge is 0.294 e. The molecule has 1 amide bonds. The predicted octanol–water partition coefficient (Wildman–Crippen LogP) is 1.37. The number of nitrogens with one attached hydrogen (secondary N) is 1. The highest BCUT2D eigenvalue weighted by molar-refractivity contribution is 6.02. The summed E-state index contributed by atoms with van der Waals surface area (Å²) in [6.07, 6.45) is 5.42. The molecule has 3 aliphatic rings. The summed E-state index contributed by atoms with van der Waals surface area (Å²) in [5, 5.41) is 8.59. The molecule has 3 aromatic heterocycles. The average molecular weight is 417 g/mol. The molecule has 4 aromatic rings. The number of nitrogens with zero attached hydrogens (tertiary/aromatic N) is 6. The number of amides is 1. The van der Waals surface area contributed by atoms with Gasteiger partial charge in [-0.05, 0) is 30.5 Å². The predicted molar refractivity (Wildman–Crippen MR) is 109 cm³/mol. The van der Waals surface area contributed by atoms with Crippen LogP contribution < -0.4 is 5.56 Å². The van der Waals surface area contributed by atoms with E-state index in [1.54, 1.807) is 6.20 Å². The van der Waals surface area contributed by atoms with Gasteiger partial charge in [0.25, 0.3) is 11.5 Å². The van der Waals surface area contributed by atoms with E-state index < -0.39 is 0 Å². The molecule has 0 saturated carbocycles. The molecule has 0 bridgehead atoms. The van der Waals surface area contributed by atoms with Crippen LogP contribution in [0, 0.1) is 0 Å². The van der Waals surface area contributed by atoms with Gasteiger partial charge < -0.3 is 19.2 Å². The fourth-order valence-corrected chi connectivity index (χ4v) is 5.27. The molecule has 1 saturated heterocycles. The molecule has 3 aliphatic heterocycles. The Balaban J connectivity index is 1.46. The van der Waals surface area contributed by atoms with Crippen molar-refractivity contribution in [2.75, 3.05) is 13.2 Å². The van der Waals surface area contributed by atoms with E-state index in [9.17, 15) is 9.59 Å². The highest BCUT2D eigenvalue weighted by Crippen LogP contribution is 2.40. The van der Waals surface area contributed by atoms with Crippen LogP contribution in [0.1, 0.15) is 52.4 Å². The molecular weight excluding hydrogens is 398 g/mol. The average Bonchev–Trinajstić information content (AvgIpc) is 3.50. The Morgan fingerprint density at radius 2 is 2.00 bits per heavy atom. The quantitative estimate of drug-likeness (QED) is 0.501. The Hall–Kier alpha value is -3.53. The van der Waals surface area contributed by atoms with Gasteiger partial charge in [0.2, 0.25) is 5.65 Å². The van der Waals surface area contributed by atoms with Crippen LogP contribution in [0.25, 0.3) is 16.7 Å². The Morgan fingerprint density at radius 1 is 1.13 bits per heavy atom. The monoisotopic (exact) mass is 417 g/mol. The third kappa shape index (κ3) is 2.27. The Bertz CT molecular complexity index is 1440. The first-order valence-electron chi connectivity index (χ1n) is 10.5. The minimum atomic E-state index is -0.304. The lowest BCUT2D eigenvalue weighted by Gasteiger charge is -2.30. The van der Waals surface area contributed by atoms with Crippen LogP contribution in [-0.4, -0.2) is 53.2 Å². The minimum absolute atomic E-state index is 0.0227. The zero-order chi connectivity index (χ0) is 20.7. The van der Waals surface area contributed by atoms with Crippen molar-refractivity contribution in [3.8, 4) is 0 Å². The van der Waals surface area contributed by atoms with Gasteiger partial charge in [-0.2, -0.15) is 0 Å². The molecule has 1 atom stereocenters. The van der Waals surface area contributed by atoms with Crippen LogP contribution in [0.5, 0.6) is 0 Å². The summed E-state index contributed by atoms with van der Waals surface area (Å²) < 4.78 is 9.48. The van der Waals surface area contributed by atoms with Gasteiger partial charge in [-0.3, -0.25) is 14.0 Å². The molecule has 0 spiro atoms. The Kier molecular flexibility index (Phi) is 3.33. The van der Waals surface area contributed by atoms with Gasteiger partial charge in [-0.1, -0.05) is 0 Å². The summed E-state index contributed by atoms with van der Waals surface area (Å²) in [6, 6.07) is 3.78. The maximum Gasteiger partial charge on any atom is 0.294 e. The molecule has 1 N–H and O–H groups in total. The van der Waals surface area contributed by atoms with Gasteiger partial charge in [0.15, 0.2) is 0 Å². The summed E-state index contributed by atoms with van der Waals surface area (Å²) in [6.45, 7) is 2.50. The van der Waals surface area contributed by atoms with Crippen molar-refractivity contribution in [3.05, 3.63) is 57.7 Å². The van der Waals surface area contributed by atoms with Crippen molar-refractivity contribution in [1.29, 1.82) is 0 Å². The number of ether oxygens (including phenoxy) is 1. The van der Waals surface area contributed by atoms with Gasteiger partial charge in [0, 0.05) is 43.6 Å². The lowest BCUT2D eigenvalue weighted by molar-refractivity contribution is 0.0648. The number of aromatic amines is 1. The zero-order valence-corrected chi connectivity index (χ0v) is 16.6. The van der Waals surface area contributed by atoms with Gasteiger partial charge in [0.05, 0.1) is 23.6 Å². The van der Waals surface area contributed by atoms with Crippen molar-refractivity contribution in [2.24, 2.45) is 0 Å². The minimum Gasteiger partial charge on any atom is -0.381 e. The molecule has 31 heavy (non-hydrogen) atoms.